The summed E-state index contributed by atoms with van der Waals surface area (Å²) in [6.07, 6.45) is 3.47. The lowest BCUT2D eigenvalue weighted by Gasteiger charge is -2.33. The van der Waals surface area contributed by atoms with E-state index < -0.39 is 0 Å². The quantitative estimate of drug-likeness (QED) is 0.553. The molecule has 0 radical (unpaired) electrons. The molecule has 1 saturated heterocycles. The number of likely N-dealkylation sites (tertiary alicyclic amines) is 1. The Bertz CT molecular complexity index is 894. The Morgan fingerprint density at radius 1 is 0.964 bits per heavy atom. The van der Waals surface area contributed by atoms with Crippen LogP contribution in [-0.2, 0) is 0 Å². The van der Waals surface area contributed by atoms with Crippen LogP contribution in [0.5, 0.6) is 5.75 Å². The lowest BCUT2D eigenvalue weighted by Crippen LogP contribution is -2.39. The van der Waals surface area contributed by atoms with Crippen LogP contribution in [0.25, 0.3) is 10.8 Å². The van der Waals surface area contributed by atoms with Gasteiger partial charge in [0.25, 0.3) is 0 Å². The van der Waals surface area contributed by atoms with Crippen LogP contribution < -0.4 is 10.1 Å². The van der Waals surface area contributed by atoms with Gasteiger partial charge in [0.1, 0.15) is 5.75 Å². The molecule has 1 heterocycles. The number of rotatable bonds is 7. The molecular weight excluding hydrogens is 344 g/mol. The highest BCUT2D eigenvalue weighted by molar-refractivity contribution is 5.93. The first kappa shape index (κ1) is 18.8. The largest absolute Gasteiger partial charge is 0.494 e. The number of nitrogens with one attached hydrogen (secondary N) is 1. The molecule has 1 N–H and O–H groups in total. The Morgan fingerprint density at radius 2 is 1.75 bits per heavy atom. The Balaban J connectivity index is 1.20. The van der Waals surface area contributed by atoms with Crippen LogP contribution in [0.15, 0.2) is 66.7 Å². The van der Waals surface area contributed by atoms with Gasteiger partial charge in [-0.05, 0) is 55.3 Å². The van der Waals surface area contributed by atoms with Crippen LogP contribution in [0.1, 0.15) is 24.8 Å². The fourth-order valence-electron chi connectivity index (χ4n) is 4.06. The summed E-state index contributed by atoms with van der Waals surface area (Å²) in [4.78, 5) is 2.57. The van der Waals surface area contributed by atoms with Crippen LogP contribution >= 0.6 is 0 Å². The van der Waals surface area contributed by atoms with Crippen LogP contribution in [0, 0.1) is 6.92 Å². The predicted molar refractivity (Wildman–Crippen MR) is 118 cm³/mol. The maximum Gasteiger partial charge on any atom is 0.119 e. The molecule has 0 aliphatic carbocycles. The first-order valence-electron chi connectivity index (χ1n) is 10.4. The molecule has 0 bridgehead atoms. The normalized spacial score (nSPS) is 15.6. The second-order valence-electron chi connectivity index (χ2n) is 7.81. The summed E-state index contributed by atoms with van der Waals surface area (Å²) in [5.74, 6) is 0.984. The van der Waals surface area contributed by atoms with Crippen molar-refractivity contribution in [3.05, 3.63) is 72.3 Å². The van der Waals surface area contributed by atoms with Crippen LogP contribution in [0.3, 0.4) is 0 Å². The molecule has 1 aliphatic heterocycles. The van der Waals surface area contributed by atoms with Gasteiger partial charge in [-0.25, -0.2) is 0 Å². The molecule has 0 amide bonds. The fraction of sp³-hybridized carbons (Fsp3) is 0.360. The van der Waals surface area contributed by atoms with Gasteiger partial charge >= 0.3 is 0 Å². The second-order valence-corrected chi connectivity index (χ2v) is 7.81. The number of benzene rings is 3. The maximum atomic E-state index is 5.88. The fourth-order valence-corrected chi connectivity index (χ4v) is 4.06. The molecule has 1 fully saturated rings. The third kappa shape index (κ3) is 4.85. The molecule has 0 unspecified atom stereocenters. The molecule has 0 spiro atoms. The van der Waals surface area contributed by atoms with Crippen molar-refractivity contribution >= 4 is 16.5 Å². The van der Waals surface area contributed by atoms with E-state index in [1.54, 1.807) is 0 Å². The van der Waals surface area contributed by atoms with Crippen molar-refractivity contribution < 1.29 is 4.74 Å². The molecule has 146 valence electrons. The summed E-state index contributed by atoms with van der Waals surface area (Å²) in [7, 11) is 0. The van der Waals surface area contributed by atoms with Crippen molar-refractivity contribution in [2.45, 2.75) is 32.2 Å². The van der Waals surface area contributed by atoms with Gasteiger partial charge in [0.15, 0.2) is 0 Å². The third-order valence-electron chi connectivity index (χ3n) is 5.61. The molecule has 0 atom stereocenters. The Labute approximate surface area is 168 Å². The minimum atomic E-state index is 0.561. The van der Waals surface area contributed by atoms with Gasteiger partial charge in [-0.2, -0.15) is 0 Å². The van der Waals surface area contributed by atoms with E-state index in [4.69, 9.17) is 4.74 Å². The molecule has 0 saturated carbocycles. The lowest BCUT2D eigenvalue weighted by atomic mass is 10.0. The molecule has 3 nitrogen and oxygen atoms in total. The monoisotopic (exact) mass is 374 g/mol. The SMILES string of the molecule is Cc1cccc(OCCCN2CCC(Nc3cccc4ccccc34)CC2)c1. The highest BCUT2D eigenvalue weighted by Gasteiger charge is 2.19. The topological polar surface area (TPSA) is 24.5 Å². The zero-order chi connectivity index (χ0) is 19.2. The van der Waals surface area contributed by atoms with E-state index in [-0.39, 0.29) is 0 Å². The smallest absolute Gasteiger partial charge is 0.119 e. The highest BCUT2D eigenvalue weighted by Crippen LogP contribution is 2.25. The van der Waals surface area contributed by atoms with Gasteiger partial charge in [0.2, 0.25) is 0 Å². The van der Waals surface area contributed by atoms with Gasteiger partial charge in [-0.1, -0.05) is 48.5 Å². The summed E-state index contributed by atoms with van der Waals surface area (Å²) in [5, 5.41) is 6.41. The summed E-state index contributed by atoms with van der Waals surface area (Å²) in [6, 6.07) is 24.0. The minimum Gasteiger partial charge on any atom is -0.494 e. The highest BCUT2D eigenvalue weighted by atomic mass is 16.5. The summed E-state index contributed by atoms with van der Waals surface area (Å²) in [5.41, 5.74) is 2.52. The van der Waals surface area contributed by atoms with E-state index in [0.717, 1.165) is 38.4 Å². The van der Waals surface area contributed by atoms with Crippen molar-refractivity contribution in [1.29, 1.82) is 0 Å². The van der Waals surface area contributed by atoms with Crippen molar-refractivity contribution in [3.8, 4) is 5.75 Å². The van der Waals surface area contributed by atoms with E-state index in [2.05, 4.69) is 77.8 Å². The average Bonchev–Trinajstić information content (AvgIpc) is 2.73. The van der Waals surface area contributed by atoms with Gasteiger partial charge in [0.05, 0.1) is 6.61 Å². The van der Waals surface area contributed by atoms with E-state index in [0.29, 0.717) is 6.04 Å². The van der Waals surface area contributed by atoms with E-state index in [1.807, 2.05) is 6.07 Å². The average molecular weight is 375 g/mol. The van der Waals surface area contributed by atoms with Crippen molar-refractivity contribution in [3.63, 3.8) is 0 Å². The van der Waals surface area contributed by atoms with Gasteiger partial charge in [-0.15, -0.1) is 0 Å². The molecule has 4 rings (SSSR count). The minimum absolute atomic E-state index is 0.561. The summed E-state index contributed by atoms with van der Waals surface area (Å²) >= 11 is 0. The van der Waals surface area contributed by atoms with Crippen LogP contribution in [0.2, 0.25) is 0 Å². The molecule has 3 aromatic carbocycles. The van der Waals surface area contributed by atoms with Crippen molar-refractivity contribution in [2.75, 3.05) is 31.6 Å². The summed E-state index contributed by atoms with van der Waals surface area (Å²) in [6.45, 7) is 6.33. The van der Waals surface area contributed by atoms with Crippen molar-refractivity contribution in [2.24, 2.45) is 0 Å². The number of fused-ring (bicyclic) bond motifs is 1. The van der Waals surface area contributed by atoms with E-state index in [9.17, 15) is 0 Å². The number of hydrogen-bond donors (Lipinski definition) is 1. The summed E-state index contributed by atoms with van der Waals surface area (Å²) < 4.78 is 5.88. The van der Waals surface area contributed by atoms with Gasteiger partial charge < -0.3 is 15.0 Å². The number of anilines is 1. The first-order valence-corrected chi connectivity index (χ1v) is 10.4. The predicted octanol–water partition coefficient (Wildman–Crippen LogP) is 5.49. The zero-order valence-corrected chi connectivity index (χ0v) is 16.7. The Morgan fingerprint density at radius 3 is 2.61 bits per heavy atom. The van der Waals surface area contributed by atoms with E-state index in [1.165, 1.54) is 34.9 Å². The molecule has 1 aliphatic rings. The molecule has 28 heavy (non-hydrogen) atoms. The maximum absolute atomic E-state index is 5.88. The Kier molecular flexibility index (Phi) is 6.13. The number of ether oxygens (including phenoxy) is 1. The molecular formula is C25H30N2O. The lowest BCUT2D eigenvalue weighted by molar-refractivity contribution is 0.198. The molecule has 0 aromatic heterocycles. The molecule has 3 aromatic rings. The number of piperidine rings is 1. The van der Waals surface area contributed by atoms with Gasteiger partial charge in [-0.3, -0.25) is 0 Å². The van der Waals surface area contributed by atoms with E-state index >= 15 is 0 Å². The number of aryl methyl sites for hydroxylation is 1. The number of nitrogens with zero attached hydrogens (tertiary/aromatic N) is 1. The van der Waals surface area contributed by atoms with Crippen molar-refractivity contribution in [1.82, 2.24) is 4.90 Å². The Hall–Kier alpha value is -2.52. The standard InChI is InChI=1S/C25H30N2O/c1-20-7-4-10-23(19-20)28-18-6-15-27-16-13-22(14-17-27)26-25-12-5-9-21-8-2-3-11-24(21)25/h2-5,7-12,19,22,26H,6,13-18H2,1H3. The number of hydrogen-bond acceptors (Lipinski definition) is 3. The third-order valence-corrected chi connectivity index (χ3v) is 5.61. The first-order chi connectivity index (χ1) is 13.8. The van der Waals surface area contributed by atoms with Crippen LogP contribution in [0.4, 0.5) is 5.69 Å². The zero-order valence-electron chi connectivity index (χ0n) is 16.7. The van der Waals surface area contributed by atoms with Crippen LogP contribution in [-0.4, -0.2) is 37.2 Å². The molecule has 3 heteroatoms. The van der Waals surface area contributed by atoms with Gasteiger partial charge in [0, 0.05) is 36.7 Å². The second kappa shape index (κ2) is 9.11.